The predicted octanol–water partition coefficient (Wildman–Crippen LogP) is 5.93. The summed E-state index contributed by atoms with van der Waals surface area (Å²) < 4.78 is 27.7. The van der Waals surface area contributed by atoms with E-state index in [1.165, 1.54) is 22.3 Å². The molecule has 5 heteroatoms. The maximum atomic E-state index is 15.0. The lowest BCUT2D eigenvalue weighted by Crippen LogP contribution is -2.41. The summed E-state index contributed by atoms with van der Waals surface area (Å²) in [4.78, 5) is 0. The smallest absolute Gasteiger partial charge is 0.399 e. The van der Waals surface area contributed by atoms with Gasteiger partial charge in [-0.25, -0.2) is 0 Å². The molecule has 0 unspecified atom stereocenters. The summed E-state index contributed by atoms with van der Waals surface area (Å²) in [6.45, 7) is 12.8. The molecule has 0 spiro atoms. The summed E-state index contributed by atoms with van der Waals surface area (Å²) in [5.41, 5.74) is 4.84. The number of fused-ring (bicyclic) bond motifs is 3. The van der Waals surface area contributed by atoms with E-state index in [0.717, 1.165) is 21.4 Å². The molecule has 3 nitrogen and oxygen atoms in total. The number of benzene rings is 4. The van der Waals surface area contributed by atoms with E-state index < -0.39 is 14.3 Å². The zero-order valence-corrected chi connectivity index (χ0v) is 23.9. The molecule has 6 rings (SSSR count). The molecule has 1 heterocycles. The highest BCUT2D eigenvalue weighted by molar-refractivity contribution is 7.85. The van der Waals surface area contributed by atoms with Crippen LogP contribution in [-0.4, -0.2) is 18.3 Å². The average molecular weight is 520 g/mol. The second-order valence-electron chi connectivity index (χ2n) is 12.0. The minimum Gasteiger partial charge on any atom is -0.399 e. The minimum absolute atomic E-state index is 0.265. The van der Waals surface area contributed by atoms with Crippen molar-refractivity contribution in [1.82, 2.24) is 0 Å². The second kappa shape index (κ2) is 8.55. The average Bonchev–Trinajstić information content (AvgIpc) is 3.28. The van der Waals surface area contributed by atoms with E-state index in [2.05, 4.69) is 77.9 Å². The maximum absolute atomic E-state index is 15.0. The fourth-order valence-electron chi connectivity index (χ4n) is 5.79. The highest BCUT2D eigenvalue weighted by atomic mass is 31.2. The number of hydrogen-bond donors (Lipinski definition) is 0. The van der Waals surface area contributed by atoms with Crippen molar-refractivity contribution < 1.29 is 13.9 Å². The van der Waals surface area contributed by atoms with Crippen LogP contribution in [-0.2, 0) is 19.3 Å². The quantitative estimate of drug-likeness (QED) is 0.247. The van der Waals surface area contributed by atoms with Gasteiger partial charge in [-0.3, -0.25) is 0 Å². The Morgan fingerprint density at radius 1 is 0.579 bits per heavy atom. The maximum Gasteiger partial charge on any atom is 0.494 e. The van der Waals surface area contributed by atoms with Crippen LogP contribution in [0.15, 0.2) is 97.1 Å². The van der Waals surface area contributed by atoms with Crippen LogP contribution in [0.25, 0.3) is 11.1 Å². The van der Waals surface area contributed by atoms with Crippen LogP contribution in [0.1, 0.15) is 52.7 Å². The van der Waals surface area contributed by atoms with E-state index in [1.807, 2.05) is 60.7 Å². The van der Waals surface area contributed by atoms with Crippen molar-refractivity contribution >= 4 is 35.6 Å². The molecule has 0 aromatic heterocycles. The molecular weight excluding hydrogens is 486 g/mol. The molecule has 4 aromatic carbocycles. The van der Waals surface area contributed by atoms with Crippen molar-refractivity contribution in [2.75, 3.05) is 0 Å². The van der Waals surface area contributed by atoms with Crippen molar-refractivity contribution in [2.24, 2.45) is 0 Å². The highest BCUT2D eigenvalue weighted by Crippen LogP contribution is 2.51. The van der Waals surface area contributed by atoms with E-state index in [-0.39, 0.29) is 16.6 Å². The predicted molar refractivity (Wildman–Crippen MR) is 159 cm³/mol. The molecule has 0 atom stereocenters. The summed E-state index contributed by atoms with van der Waals surface area (Å²) in [5.74, 6) is 0. The first kappa shape index (κ1) is 25.4. The van der Waals surface area contributed by atoms with E-state index in [1.54, 1.807) is 0 Å². The topological polar surface area (TPSA) is 35.5 Å². The Kier molecular flexibility index (Phi) is 5.71. The molecule has 0 saturated carbocycles. The Bertz CT molecular complexity index is 1520. The SMILES string of the molecule is CC1(C)c2cc(B3OC(C)(C)C(C)(C)O3)ccc2-c2ccc(P(=O)(c3ccccc3)c3ccccc3)cc21. The summed E-state index contributed by atoms with van der Waals surface area (Å²) in [7, 11) is -3.46. The summed E-state index contributed by atoms with van der Waals surface area (Å²) >= 11 is 0. The lowest BCUT2D eigenvalue weighted by atomic mass is 9.74. The van der Waals surface area contributed by atoms with Crippen molar-refractivity contribution in [3.05, 3.63) is 108 Å². The van der Waals surface area contributed by atoms with Gasteiger partial charge in [0.05, 0.1) is 11.2 Å². The minimum atomic E-state index is -3.06. The Labute approximate surface area is 226 Å². The van der Waals surface area contributed by atoms with Gasteiger partial charge in [0, 0.05) is 21.3 Å². The molecule has 0 radical (unpaired) electrons. The van der Waals surface area contributed by atoms with E-state index in [9.17, 15) is 0 Å². The molecule has 0 amide bonds. The van der Waals surface area contributed by atoms with Gasteiger partial charge in [0.15, 0.2) is 7.14 Å². The standard InChI is InChI=1S/C33H34BO3P/c1-31(2)29-21-23(34-36-32(3,4)33(5,6)37-34)17-19-27(29)28-20-18-26(22-30(28)31)38(35,24-13-9-7-10-14-24)25-15-11-8-12-16-25/h7-22H,1-6H3. The number of hydrogen-bond acceptors (Lipinski definition) is 3. The van der Waals surface area contributed by atoms with Crippen molar-refractivity contribution in [3.8, 4) is 11.1 Å². The lowest BCUT2D eigenvalue weighted by molar-refractivity contribution is 0.00578. The lowest BCUT2D eigenvalue weighted by Gasteiger charge is -2.32. The zero-order valence-electron chi connectivity index (χ0n) is 23.0. The summed E-state index contributed by atoms with van der Waals surface area (Å²) in [6.07, 6.45) is 0. The molecule has 0 bridgehead atoms. The van der Waals surface area contributed by atoms with Gasteiger partial charge < -0.3 is 13.9 Å². The fourth-order valence-corrected chi connectivity index (χ4v) is 8.46. The van der Waals surface area contributed by atoms with Crippen LogP contribution in [0.2, 0.25) is 0 Å². The van der Waals surface area contributed by atoms with Crippen molar-refractivity contribution in [3.63, 3.8) is 0 Å². The van der Waals surface area contributed by atoms with Crippen molar-refractivity contribution in [2.45, 2.75) is 58.2 Å². The third-order valence-corrected chi connectivity index (χ3v) is 11.9. The van der Waals surface area contributed by atoms with E-state index in [0.29, 0.717) is 0 Å². The normalized spacial score (nSPS) is 18.7. The Balaban J connectivity index is 1.46. The van der Waals surface area contributed by atoms with Gasteiger partial charge in [-0.1, -0.05) is 105 Å². The van der Waals surface area contributed by atoms with Crippen LogP contribution in [0.4, 0.5) is 0 Å². The molecule has 1 aliphatic heterocycles. The molecule has 38 heavy (non-hydrogen) atoms. The van der Waals surface area contributed by atoms with Crippen LogP contribution < -0.4 is 21.4 Å². The monoisotopic (exact) mass is 520 g/mol. The molecule has 4 aromatic rings. The Morgan fingerprint density at radius 2 is 1.05 bits per heavy atom. The largest absolute Gasteiger partial charge is 0.494 e. The Hall–Kier alpha value is -2.91. The van der Waals surface area contributed by atoms with Crippen molar-refractivity contribution in [1.29, 1.82) is 0 Å². The van der Waals surface area contributed by atoms with Gasteiger partial charge >= 0.3 is 7.12 Å². The van der Waals surface area contributed by atoms with Crippen LogP contribution in [0.3, 0.4) is 0 Å². The van der Waals surface area contributed by atoms with Gasteiger partial charge in [0.25, 0.3) is 0 Å². The first-order valence-corrected chi connectivity index (χ1v) is 15.0. The summed E-state index contributed by atoms with van der Waals surface area (Å²) in [6, 6.07) is 32.7. The zero-order chi connectivity index (χ0) is 26.9. The van der Waals surface area contributed by atoms with Gasteiger partial charge in [0.1, 0.15) is 0 Å². The van der Waals surface area contributed by atoms with E-state index >= 15 is 4.57 Å². The molecule has 2 aliphatic rings. The molecular formula is C33H34BO3P. The third-order valence-electron chi connectivity index (χ3n) is 8.81. The van der Waals surface area contributed by atoms with Gasteiger partial charge in [-0.15, -0.1) is 0 Å². The molecule has 192 valence electrons. The van der Waals surface area contributed by atoms with Gasteiger partial charge in [-0.05, 0) is 61.5 Å². The van der Waals surface area contributed by atoms with Crippen LogP contribution >= 0.6 is 7.14 Å². The van der Waals surface area contributed by atoms with Gasteiger partial charge in [-0.2, -0.15) is 0 Å². The molecule has 1 fully saturated rings. The third kappa shape index (κ3) is 3.69. The Morgan fingerprint density at radius 3 is 1.58 bits per heavy atom. The van der Waals surface area contributed by atoms with Crippen LogP contribution in [0.5, 0.6) is 0 Å². The first-order chi connectivity index (χ1) is 17.9. The fraction of sp³-hybridized carbons (Fsp3) is 0.273. The second-order valence-corrected chi connectivity index (χ2v) is 14.8. The molecule has 1 saturated heterocycles. The molecule has 1 aliphatic carbocycles. The number of rotatable bonds is 4. The van der Waals surface area contributed by atoms with Crippen LogP contribution in [0, 0.1) is 0 Å². The van der Waals surface area contributed by atoms with E-state index in [4.69, 9.17) is 9.31 Å². The highest BCUT2D eigenvalue weighted by Gasteiger charge is 2.52. The molecule has 0 N–H and O–H groups in total. The summed E-state index contributed by atoms with van der Waals surface area (Å²) in [5, 5.41) is 2.56. The van der Waals surface area contributed by atoms with Gasteiger partial charge in [0.2, 0.25) is 0 Å². The first-order valence-electron chi connectivity index (χ1n) is 13.3.